The summed E-state index contributed by atoms with van der Waals surface area (Å²) in [6.45, 7) is 7.63. The van der Waals surface area contributed by atoms with E-state index in [0.29, 0.717) is 6.42 Å². The van der Waals surface area contributed by atoms with E-state index in [9.17, 15) is 29.7 Å². The van der Waals surface area contributed by atoms with Crippen LogP contribution in [0, 0.1) is 0 Å². The van der Waals surface area contributed by atoms with E-state index in [2.05, 4.69) is 19.1 Å². The zero-order chi connectivity index (χ0) is 30.9. The Morgan fingerprint density at radius 2 is 0.780 bits per heavy atom. The molecule has 0 aliphatic heterocycles. The number of hydrogen-bond acceptors (Lipinski definition) is 3. The molecule has 0 amide bonds. The number of nitrogens with zero attached hydrogens (tertiary/aromatic N) is 1. The minimum absolute atomic E-state index is 0.194. The lowest BCUT2D eigenvalue weighted by Crippen LogP contribution is -2.72. The van der Waals surface area contributed by atoms with Crippen LogP contribution in [-0.2, 0) is 14.4 Å². The molecule has 0 saturated heterocycles. The van der Waals surface area contributed by atoms with Gasteiger partial charge >= 0.3 is 17.9 Å². The van der Waals surface area contributed by atoms with Gasteiger partial charge in [0.1, 0.15) is 0 Å². The molecule has 0 rings (SSSR count). The second-order valence-corrected chi connectivity index (χ2v) is 11.9. The van der Waals surface area contributed by atoms with Gasteiger partial charge in [-0.3, -0.25) is 4.48 Å². The molecular weight excluding hydrogens is 518 g/mol. The lowest BCUT2D eigenvalue weighted by Gasteiger charge is -2.49. The number of carboxylic acids is 3. The van der Waals surface area contributed by atoms with E-state index < -0.39 is 40.5 Å². The molecule has 0 heterocycles. The minimum atomic E-state index is -1.11. The van der Waals surface area contributed by atoms with Gasteiger partial charge in [-0.05, 0) is 32.1 Å². The molecule has 0 aromatic carbocycles. The highest BCUT2D eigenvalue weighted by Gasteiger charge is 2.55. The van der Waals surface area contributed by atoms with E-state index in [1.165, 1.54) is 89.9 Å². The maximum Gasteiger partial charge on any atom is 0.362 e. The Hall–Kier alpha value is -1.89. The summed E-state index contributed by atoms with van der Waals surface area (Å²) in [4.78, 5) is 36.8. The SMILES string of the molecule is CCCC/C=C/CCCCCCCCCCCCCCCC[N+](C(CC)C(=O)O)(C(CC)C(=O)O)C(CC)C(=O)O. The zero-order valence-electron chi connectivity index (χ0n) is 27.0. The number of allylic oxidation sites excluding steroid dienone is 2. The average molecular weight is 583 g/mol. The summed E-state index contributed by atoms with van der Waals surface area (Å²) in [6.07, 6.45) is 26.9. The summed E-state index contributed by atoms with van der Waals surface area (Å²) < 4.78 is -0.403. The first-order valence-electron chi connectivity index (χ1n) is 16.9. The van der Waals surface area contributed by atoms with Gasteiger partial charge in [0, 0.05) is 19.3 Å². The molecule has 0 bridgehead atoms. The molecule has 7 nitrogen and oxygen atoms in total. The molecule has 7 heteroatoms. The summed E-state index contributed by atoms with van der Waals surface area (Å²) in [5.74, 6) is -3.34. The maximum absolute atomic E-state index is 12.3. The molecule has 0 saturated carbocycles. The van der Waals surface area contributed by atoms with Gasteiger partial charge in [0.2, 0.25) is 0 Å². The fraction of sp³-hybridized carbons (Fsp3) is 0.853. The molecule has 3 unspecified atom stereocenters. The Kier molecular flexibility index (Phi) is 23.5. The normalized spacial score (nSPS) is 15.4. The molecule has 0 aromatic heterocycles. The first-order chi connectivity index (χ1) is 19.7. The van der Waals surface area contributed by atoms with Crippen molar-refractivity contribution in [1.82, 2.24) is 0 Å². The first kappa shape index (κ1) is 39.1. The van der Waals surface area contributed by atoms with Crippen molar-refractivity contribution in [1.29, 1.82) is 0 Å². The van der Waals surface area contributed by atoms with Crippen molar-refractivity contribution in [2.75, 3.05) is 6.54 Å². The second kappa shape index (κ2) is 24.7. The van der Waals surface area contributed by atoms with Crippen LogP contribution in [0.2, 0.25) is 0 Å². The topological polar surface area (TPSA) is 112 Å². The van der Waals surface area contributed by atoms with E-state index in [4.69, 9.17) is 0 Å². The summed E-state index contributed by atoms with van der Waals surface area (Å²) >= 11 is 0. The van der Waals surface area contributed by atoms with Gasteiger partial charge in [0.25, 0.3) is 0 Å². The largest absolute Gasteiger partial charge is 0.477 e. The number of hydrogen-bond donors (Lipinski definition) is 3. The highest BCUT2D eigenvalue weighted by Crippen LogP contribution is 2.32. The molecule has 0 spiro atoms. The van der Waals surface area contributed by atoms with Gasteiger partial charge in [0.15, 0.2) is 18.1 Å². The van der Waals surface area contributed by atoms with Gasteiger partial charge in [0.05, 0.1) is 6.54 Å². The standard InChI is InChI=1S/C34H63NO6/c1-5-9-10-11-12-13-14-15-16-17-18-19-20-21-22-23-24-25-26-27-28-35(29(6-2)32(36)37,30(7-3)33(38)39)31(8-4)34(40)41/h11-12,29-31H,5-10,13-28H2,1-4H3,(H2-,36,37,38,39,40,41)/p+1/b12-11+. The summed E-state index contributed by atoms with van der Waals surface area (Å²) in [7, 11) is 0. The molecule has 3 N–H and O–H groups in total. The number of carbonyl (C=O) groups is 3. The van der Waals surface area contributed by atoms with Crippen molar-refractivity contribution >= 4 is 17.9 Å². The Balaban J connectivity index is 4.41. The number of aliphatic carboxylic acids is 3. The van der Waals surface area contributed by atoms with Gasteiger partial charge in [-0.15, -0.1) is 0 Å². The quantitative estimate of drug-likeness (QED) is 0.0461. The summed E-state index contributed by atoms with van der Waals surface area (Å²) in [5, 5.41) is 30.1. The van der Waals surface area contributed by atoms with Crippen LogP contribution < -0.4 is 0 Å². The third kappa shape index (κ3) is 15.2. The van der Waals surface area contributed by atoms with Crippen LogP contribution in [0.1, 0.15) is 163 Å². The monoisotopic (exact) mass is 582 g/mol. The molecule has 41 heavy (non-hydrogen) atoms. The van der Waals surface area contributed by atoms with Crippen LogP contribution in [-0.4, -0.2) is 62.4 Å². The number of quaternary nitrogens is 1. The third-order valence-corrected chi connectivity index (χ3v) is 8.81. The van der Waals surface area contributed by atoms with Crippen LogP contribution in [0.4, 0.5) is 0 Å². The molecule has 0 radical (unpaired) electrons. The lowest BCUT2D eigenvalue weighted by molar-refractivity contribution is -0.973. The third-order valence-electron chi connectivity index (χ3n) is 8.81. The maximum atomic E-state index is 12.3. The fourth-order valence-electron chi connectivity index (χ4n) is 6.61. The Bertz CT molecular complexity index is 667. The molecule has 0 fully saturated rings. The predicted octanol–water partition coefficient (Wildman–Crippen LogP) is 8.99. The van der Waals surface area contributed by atoms with Gasteiger partial charge in [-0.25, -0.2) is 14.4 Å². The second-order valence-electron chi connectivity index (χ2n) is 11.9. The summed E-state index contributed by atoms with van der Waals surface area (Å²) in [6, 6.07) is -3.18. The number of unbranched alkanes of at least 4 members (excludes halogenated alkanes) is 16. The van der Waals surface area contributed by atoms with Crippen molar-refractivity contribution in [3.63, 3.8) is 0 Å². The van der Waals surface area contributed by atoms with Crippen LogP contribution in [0.25, 0.3) is 0 Å². The van der Waals surface area contributed by atoms with Crippen molar-refractivity contribution in [3.8, 4) is 0 Å². The highest BCUT2D eigenvalue weighted by molar-refractivity contribution is 5.78. The number of carboxylic acid groups (broad SMARTS) is 3. The molecule has 0 aliphatic carbocycles. The predicted molar refractivity (Wildman–Crippen MR) is 168 cm³/mol. The van der Waals surface area contributed by atoms with Crippen molar-refractivity contribution in [3.05, 3.63) is 12.2 Å². The van der Waals surface area contributed by atoms with Crippen LogP contribution >= 0.6 is 0 Å². The van der Waals surface area contributed by atoms with E-state index in [1.807, 2.05) is 0 Å². The first-order valence-corrected chi connectivity index (χ1v) is 16.9. The average Bonchev–Trinajstić information content (AvgIpc) is 2.92. The van der Waals surface area contributed by atoms with E-state index in [1.54, 1.807) is 20.8 Å². The van der Waals surface area contributed by atoms with Gasteiger partial charge < -0.3 is 15.3 Å². The van der Waals surface area contributed by atoms with E-state index >= 15 is 0 Å². The molecule has 240 valence electrons. The molecular formula is C34H64NO6+. The minimum Gasteiger partial charge on any atom is -0.477 e. The van der Waals surface area contributed by atoms with E-state index in [0.717, 1.165) is 19.3 Å². The van der Waals surface area contributed by atoms with Crippen LogP contribution in [0.15, 0.2) is 12.2 Å². The highest BCUT2D eigenvalue weighted by atomic mass is 16.4. The van der Waals surface area contributed by atoms with E-state index in [-0.39, 0.29) is 25.8 Å². The smallest absolute Gasteiger partial charge is 0.362 e. The van der Waals surface area contributed by atoms with Crippen molar-refractivity contribution in [2.24, 2.45) is 0 Å². The lowest BCUT2D eigenvalue weighted by atomic mass is 9.93. The Labute approximate surface area is 251 Å². The molecule has 0 aliphatic rings. The number of rotatable bonds is 29. The fourth-order valence-corrected chi connectivity index (χ4v) is 6.61. The van der Waals surface area contributed by atoms with Gasteiger partial charge in [-0.1, -0.05) is 123 Å². The molecule has 0 aromatic rings. The van der Waals surface area contributed by atoms with Crippen LogP contribution in [0.3, 0.4) is 0 Å². The zero-order valence-corrected chi connectivity index (χ0v) is 27.0. The van der Waals surface area contributed by atoms with Gasteiger partial charge in [-0.2, -0.15) is 0 Å². The van der Waals surface area contributed by atoms with Crippen molar-refractivity contribution < 1.29 is 34.2 Å². The Morgan fingerprint density at radius 3 is 1.07 bits per heavy atom. The Morgan fingerprint density at radius 1 is 0.488 bits per heavy atom. The van der Waals surface area contributed by atoms with Crippen molar-refractivity contribution in [2.45, 2.75) is 181 Å². The van der Waals surface area contributed by atoms with Crippen LogP contribution in [0.5, 0.6) is 0 Å². The molecule has 3 atom stereocenters. The summed E-state index contributed by atoms with van der Waals surface area (Å²) in [5.41, 5.74) is 0.